The van der Waals surface area contributed by atoms with Crippen LogP contribution in [0.25, 0.3) is 88.0 Å². The van der Waals surface area contributed by atoms with Gasteiger partial charge in [-0.2, -0.15) is 0 Å². The maximum atomic E-state index is 6.58. The number of fused-ring (bicyclic) bond motifs is 6. The Morgan fingerprint density at radius 3 is 1.55 bits per heavy atom. The molecule has 11 aromatic rings. The lowest BCUT2D eigenvalue weighted by Crippen LogP contribution is -2.10. The molecule has 0 aliphatic heterocycles. The number of nitrogens with zero attached hydrogens (tertiary/aromatic N) is 1. The quantitative estimate of drug-likeness (QED) is 0.162. The lowest BCUT2D eigenvalue weighted by atomic mass is 9.97. The molecular formula is C56H37NO. The van der Waals surface area contributed by atoms with Crippen LogP contribution < -0.4 is 4.90 Å². The zero-order valence-corrected chi connectivity index (χ0v) is 31.7. The van der Waals surface area contributed by atoms with Gasteiger partial charge in [0, 0.05) is 33.2 Å². The van der Waals surface area contributed by atoms with Gasteiger partial charge in [-0.15, -0.1) is 0 Å². The maximum absolute atomic E-state index is 6.58. The monoisotopic (exact) mass is 739 g/mol. The molecule has 58 heavy (non-hydrogen) atoms. The lowest BCUT2D eigenvalue weighted by molar-refractivity contribution is 0.673. The Balaban J connectivity index is 1.00. The molecule has 0 radical (unpaired) electrons. The van der Waals surface area contributed by atoms with E-state index in [0.717, 1.165) is 55.5 Å². The van der Waals surface area contributed by atoms with Crippen LogP contribution in [-0.2, 0) is 0 Å². The van der Waals surface area contributed by atoms with Gasteiger partial charge in [0.05, 0.1) is 0 Å². The lowest BCUT2D eigenvalue weighted by Gasteiger charge is -2.26. The molecule has 0 atom stereocenters. The van der Waals surface area contributed by atoms with Crippen LogP contribution in [0.4, 0.5) is 17.1 Å². The van der Waals surface area contributed by atoms with Crippen LogP contribution in [0.5, 0.6) is 0 Å². The molecule has 0 fully saturated rings. The first kappa shape index (κ1) is 33.6. The Labute approximate surface area is 337 Å². The van der Waals surface area contributed by atoms with Gasteiger partial charge in [0.2, 0.25) is 0 Å². The van der Waals surface area contributed by atoms with Crippen molar-refractivity contribution in [1.82, 2.24) is 0 Å². The Morgan fingerprint density at radius 1 is 0.293 bits per heavy atom. The zero-order chi connectivity index (χ0) is 38.4. The highest BCUT2D eigenvalue weighted by Crippen LogP contribution is 2.43. The van der Waals surface area contributed by atoms with Gasteiger partial charge in [0.1, 0.15) is 11.2 Å². The van der Waals surface area contributed by atoms with Gasteiger partial charge >= 0.3 is 0 Å². The van der Waals surface area contributed by atoms with Crippen molar-refractivity contribution in [3.63, 3.8) is 0 Å². The van der Waals surface area contributed by atoms with Crippen molar-refractivity contribution in [1.29, 1.82) is 0 Å². The summed E-state index contributed by atoms with van der Waals surface area (Å²) in [5, 5.41) is 7.06. The number of benzene rings is 10. The van der Waals surface area contributed by atoms with E-state index in [1.54, 1.807) is 0 Å². The fourth-order valence-electron chi connectivity index (χ4n) is 8.51. The van der Waals surface area contributed by atoms with Gasteiger partial charge in [-0.05, 0) is 115 Å². The Kier molecular flexibility index (Phi) is 8.19. The average Bonchev–Trinajstić information content (AvgIpc) is 3.70. The number of hydrogen-bond acceptors (Lipinski definition) is 2. The Hall–Kier alpha value is -7.68. The molecule has 11 rings (SSSR count). The summed E-state index contributed by atoms with van der Waals surface area (Å²) in [7, 11) is 0. The third kappa shape index (κ3) is 6.00. The van der Waals surface area contributed by atoms with E-state index in [0.29, 0.717) is 0 Å². The molecule has 0 saturated carbocycles. The maximum Gasteiger partial charge on any atom is 0.143 e. The molecule has 0 aliphatic rings. The predicted molar refractivity (Wildman–Crippen MR) is 245 cm³/mol. The van der Waals surface area contributed by atoms with E-state index in [4.69, 9.17) is 4.42 Å². The molecule has 0 unspecified atom stereocenters. The normalized spacial score (nSPS) is 11.4. The van der Waals surface area contributed by atoms with Crippen LogP contribution in [0, 0.1) is 0 Å². The van der Waals surface area contributed by atoms with Crippen LogP contribution >= 0.6 is 0 Å². The highest BCUT2D eigenvalue weighted by Gasteiger charge is 2.18. The van der Waals surface area contributed by atoms with Gasteiger partial charge in [0.25, 0.3) is 0 Å². The zero-order valence-electron chi connectivity index (χ0n) is 31.7. The molecule has 0 bridgehead atoms. The van der Waals surface area contributed by atoms with E-state index in [-0.39, 0.29) is 0 Å². The van der Waals surface area contributed by atoms with Gasteiger partial charge < -0.3 is 9.32 Å². The second kappa shape index (κ2) is 14.1. The van der Waals surface area contributed by atoms with Crippen molar-refractivity contribution < 1.29 is 4.42 Å². The summed E-state index contributed by atoms with van der Waals surface area (Å²) < 4.78 is 6.58. The number of hydrogen-bond donors (Lipinski definition) is 0. The van der Waals surface area contributed by atoms with Gasteiger partial charge in [-0.25, -0.2) is 0 Å². The van der Waals surface area contributed by atoms with E-state index >= 15 is 0 Å². The summed E-state index contributed by atoms with van der Waals surface area (Å²) in [6.45, 7) is 0. The largest absolute Gasteiger partial charge is 0.455 e. The summed E-state index contributed by atoms with van der Waals surface area (Å²) in [5.41, 5.74) is 14.5. The third-order valence-electron chi connectivity index (χ3n) is 11.5. The van der Waals surface area contributed by atoms with Crippen molar-refractivity contribution in [2.24, 2.45) is 0 Å². The first-order chi connectivity index (χ1) is 28.7. The van der Waals surface area contributed by atoms with Crippen LogP contribution in [-0.4, -0.2) is 0 Å². The summed E-state index contributed by atoms with van der Waals surface area (Å²) >= 11 is 0. The van der Waals surface area contributed by atoms with Crippen molar-refractivity contribution in [3.05, 3.63) is 224 Å². The molecule has 0 spiro atoms. The van der Waals surface area contributed by atoms with Gasteiger partial charge in [0.15, 0.2) is 0 Å². The fraction of sp³-hybridized carbons (Fsp3) is 0. The van der Waals surface area contributed by atoms with E-state index < -0.39 is 0 Å². The molecule has 272 valence electrons. The standard InChI is InChI=1S/C56H37NO/c1-2-10-38(11-3-1)40-20-22-41(23-21-40)42-26-31-48(32-27-42)57(49-33-28-43(29-34-49)46-25-24-39-12-4-5-14-45(39)36-46)50-16-8-15-47(37-50)51-18-9-19-54-55(51)53-35-30-44-13-6-7-17-52(44)56(53)58-54/h1-37H. The molecule has 0 aliphatic carbocycles. The van der Waals surface area contributed by atoms with Crippen molar-refractivity contribution in [2.75, 3.05) is 4.90 Å². The smallest absolute Gasteiger partial charge is 0.143 e. The minimum Gasteiger partial charge on any atom is -0.455 e. The van der Waals surface area contributed by atoms with Crippen LogP contribution in [0.15, 0.2) is 229 Å². The Morgan fingerprint density at radius 2 is 0.828 bits per heavy atom. The van der Waals surface area contributed by atoms with E-state index in [1.165, 1.54) is 49.5 Å². The first-order valence-corrected chi connectivity index (χ1v) is 19.8. The Bertz CT molecular complexity index is 3250. The molecular weight excluding hydrogens is 703 g/mol. The van der Waals surface area contributed by atoms with Crippen molar-refractivity contribution in [3.8, 4) is 44.5 Å². The molecule has 0 N–H and O–H groups in total. The average molecular weight is 740 g/mol. The van der Waals surface area contributed by atoms with Crippen molar-refractivity contribution >= 4 is 60.5 Å². The molecule has 2 heteroatoms. The topological polar surface area (TPSA) is 16.4 Å². The van der Waals surface area contributed by atoms with E-state index in [9.17, 15) is 0 Å². The molecule has 2 nitrogen and oxygen atoms in total. The summed E-state index contributed by atoms with van der Waals surface area (Å²) in [5.74, 6) is 0. The molecule has 1 heterocycles. The second-order valence-corrected chi connectivity index (χ2v) is 14.9. The van der Waals surface area contributed by atoms with Crippen LogP contribution in [0.2, 0.25) is 0 Å². The molecule has 1 aromatic heterocycles. The highest BCUT2D eigenvalue weighted by molar-refractivity contribution is 6.19. The number of furan rings is 1. The predicted octanol–water partition coefficient (Wildman–Crippen LogP) is 16.0. The van der Waals surface area contributed by atoms with E-state index in [2.05, 4.69) is 229 Å². The summed E-state index contributed by atoms with van der Waals surface area (Å²) in [6, 6.07) is 80.6. The SMILES string of the molecule is c1ccc(-c2ccc(-c3ccc(N(c4ccc(-c5ccc6ccccc6c5)cc4)c4cccc(-c5cccc6oc7c8ccccc8ccc7c56)c4)cc3)cc2)cc1. The number of anilines is 3. The minimum absolute atomic E-state index is 0.891. The minimum atomic E-state index is 0.891. The second-order valence-electron chi connectivity index (χ2n) is 14.9. The first-order valence-electron chi connectivity index (χ1n) is 19.8. The van der Waals surface area contributed by atoms with Crippen LogP contribution in [0.3, 0.4) is 0 Å². The van der Waals surface area contributed by atoms with Gasteiger partial charge in [-0.3, -0.25) is 0 Å². The third-order valence-corrected chi connectivity index (χ3v) is 11.5. The summed E-state index contributed by atoms with van der Waals surface area (Å²) in [6.07, 6.45) is 0. The van der Waals surface area contributed by atoms with Crippen molar-refractivity contribution in [2.45, 2.75) is 0 Å². The summed E-state index contributed by atoms with van der Waals surface area (Å²) in [4.78, 5) is 2.36. The number of rotatable bonds is 7. The molecule has 10 aromatic carbocycles. The highest BCUT2D eigenvalue weighted by atomic mass is 16.3. The fourth-order valence-corrected chi connectivity index (χ4v) is 8.51. The van der Waals surface area contributed by atoms with Crippen LogP contribution in [0.1, 0.15) is 0 Å². The van der Waals surface area contributed by atoms with E-state index in [1.807, 2.05) is 0 Å². The molecule has 0 amide bonds. The molecule has 0 saturated heterocycles. The van der Waals surface area contributed by atoms with Gasteiger partial charge in [-0.1, -0.05) is 170 Å².